The minimum atomic E-state index is -0.480. The molecule has 1 unspecified atom stereocenters. The zero-order valence-corrected chi connectivity index (χ0v) is 17.6. The molecule has 0 radical (unpaired) electrons. The Kier molecular flexibility index (Phi) is 7.36. The molecule has 0 bridgehead atoms. The molecule has 0 spiro atoms. The molecule has 1 saturated heterocycles. The van der Waals surface area contributed by atoms with Crippen LogP contribution in [0.15, 0.2) is 18.2 Å². The van der Waals surface area contributed by atoms with E-state index < -0.39 is 6.03 Å². The van der Waals surface area contributed by atoms with Crippen molar-refractivity contribution in [3.05, 3.63) is 28.8 Å². The van der Waals surface area contributed by atoms with Crippen LogP contribution in [-0.4, -0.2) is 48.9 Å². The maximum atomic E-state index is 12.9. The molecule has 1 aliphatic carbocycles. The molecule has 0 aromatic heterocycles. The van der Waals surface area contributed by atoms with Crippen LogP contribution < -0.4 is 16.0 Å². The standard InChI is InChI=1S/C21H29ClN4O3/c1-23-19(27)13-24-21(29)25-16-8-7-14(18(22)12-16)11-15-9-10-26(20(15)28)17-5-3-2-4-6-17/h7-8,12,15,17H,2-6,9-11,13H2,1H3,(H,23,27)(H2,24,25,29). The molecule has 4 amide bonds. The lowest BCUT2D eigenvalue weighted by atomic mass is 9.94. The first-order valence-electron chi connectivity index (χ1n) is 10.3. The topological polar surface area (TPSA) is 90.5 Å². The number of likely N-dealkylation sites (tertiary alicyclic amines) is 1. The fourth-order valence-electron chi connectivity index (χ4n) is 4.19. The quantitative estimate of drug-likeness (QED) is 0.660. The lowest BCUT2D eigenvalue weighted by Crippen LogP contribution is -2.39. The van der Waals surface area contributed by atoms with Crippen molar-refractivity contribution in [1.82, 2.24) is 15.5 Å². The monoisotopic (exact) mass is 420 g/mol. The minimum Gasteiger partial charge on any atom is -0.358 e. The number of nitrogens with zero attached hydrogens (tertiary/aromatic N) is 1. The predicted molar refractivity (Wildman–Crippen MR) is 113 cm³/mol. The number of hydrogen-bond donors (Lipinski definition) is 3. The summed E-state index contributed by atoms with van der Waals surface area (Å²) >= 11 is 6.41. The number of carbonyl (C=O) groups excluding carboxylic acids is 3. The number of urea groups is 1. The van der Waals surface area contributed by atoms with Crippen LogP contribution in [0.2, 0.25) is 5.02 Å². The first-order chi connectivity index (χ1) is 14.0. The van der Waals surface area contributed by atoms with Gasteiger partial charge in [0.05, 0.1) is 6.54 Å². The van der Waals surface area contributed by atoms with E-state index >= 15 is 0 Å². The van der Waals surface area contributed by atoms with Gasteiger partial charge in [0.1, 0.15) is 0 Å². The average molecular weight is 421 g/mol. The SMILES string of the molecule is CNC(=O)CNC(=O)Nc1ccc(CC2CCN(C3CCCCC3)C2=O)c(Cl)c1. The Bertz CT molecular complexity index is 764. The number of amides is 4. The number of benzene rings is 1. The first kappa shape index (κ1) is 21.4. The molecular weight excluding hydrogens is 392 g/mol. The summed E-state index contributed by atoms with van der Waals surface area (Å²) in [6.45, 7) is 0.742. The van der Waals surface area contributed by atoms with Crippen molar-refractivity contribution in [3.8, 4) is 0 Å². The van der Waals surface area contributed by atoms with E-state index in [0.29, 0.717) is 23.2 Å². The van der Waals surface area contributed by atoms with E-state index in [9.17, 15) is 14.4 Å². The second-order valence-electron chi connectivity index (χ2n) is 7.80. The highest BCUT2D eigenvalue weighted by molar-refractivity contribution is 6.31. The van der Waals surface area contributed by atoms with Crippen LogP contribution in [0.4, 0.5) is 10.5 Å². The lowest BCUT2D eigenvalue weighted by molar-refractivity contribution is -0.133. The Morgan fingerprint density at radius 1 is 1.17 bits per heavy atom. The molecule has 1 aromatic rings. The third kappa shape index (κ3) is 5.63. The number of anilines is 1. The van der Waals surface area contributed by atoms with Crippen LogP contribution in [0, 0.1) is 5.92 Å². The van der Waals surface area contributed by atoms with E-state index in [2.05, 4.69) is 20.9 Å². The summed E-state index contributed by atoms with van der Waals surface area (Å²) in [5, 5.41) is 8.07. The van der Waals surface area contributed by atoms with Crippen molar-refractivity contribution in [1.29, 1.82) is 0 Å². The fraction of sp³-hybridized carbons (Fsp3) is 0.571. The molecule has 1 heterocycles. The van der Waals surface area contributed by atoms with E-state index in [4.69, 9.17) is 11.6 Å². The van der Waals surface area contributed by atoms with E-state index in [1.165, 1.54) is 26.3 Å². The minimum absolute atomic E-state index is 0.0240. The van der Waals surface area contributed by atoms with Crippen LogP contribution >= 0.6 is 11.6 Å². The number of rotatable bonds is 6. The molecule has 1 atom stereocenters. The summed E-state index contributed by atoms with van der Waals surface area (Å²) in [4.78, 5) is 38.0. The van der Waals surface area contributed by atoms with Crippen molar-refractivity contribution in [3.63, 3.8) is 0 Å². The lowest BCUT2D eigenvalue weighted by Gasteiger charge is -2.31. The molecule has 7 nitrogen and oxygen atoms in total. The van der Waals surface area contributed by atoms with E-state index in [-0.39, 0.29) is 24.3 Å². The third-order valence-electron chi connectivity index (χ3n) is 5.83. The van der Waals surface area contributed by atoms with Gasteiger partial charge in [-0.15, -0.1) is 0 Å². The van der Waals surface area contributed by atoms with Gasteiger partial charge in [-0.1, -0.05) is 36.9 Å². The van der Waals surface area contributed by atoms with Crippen LogP contribution in [0.25, 0.3) is 0 Å². The number of hydrogen-bond acceptors (Lipinski definition) is 3. The molecule has 158 valence electrons. The summed E-state index contributed by atoms with van der Waals surface area (Å²) in [5.41, 5.74) is 1.45. The summed E-state index contributed by atoms with van der Waals surface area (Å²) < 4.78 is 0. The Labute approximate surface area is 176 Å². The number of nitrogens with one attached hydrogen (secondary N) is 3. The van der Waals surface area contributed by atoms with Gasteiger partial charge < -0.3 is 20.9 Å². The van der Waals surface area contributed by atoms with Crippen molar-refractivity contribution < 1.29 is 14.4 Å². The van der Waals surface area contributed by atoms with Crippen LogP contribution in [-0.2, 0) is 16.0 Å². The highest BCUT2D eigenvalue weighted by Crippen LogP contribution is 2.32. The fourth-order valence-corrected chi connectivity index (χ4v) is 4.45. The van der Waals surface area contributed by atoms with Crippen LogP contribution in [0.3, 0.4) is 0 Å². The second-order valence-corrected chi connectivity index (χ2v) is 8.21. The Morgan fingerprint density at radius 2 is 1.93 bits per heavy atom. The number of halogens is 1. The normalized spacial score (nSPS) is 19.9. The maximum absolute atomic E-state index is 12.9. The molecule has 2 fully saturated rings. The van der Waals surface area contributed by atoms with Crippen LogP contribution in [0.5, 0.6) is 0 Å². The molecule has 8 heteroatoms. The average Bonchev–Trinajstić information content (AvgIpc) is 3.09. The highest BCUT2D eigenvalue weighted by atomic mass is 35.5. The summed E-state index contributed by atoms with van der Waals surface area (Å²) in [7, 11) is 1.50. The van der Waals surface area contributed by atoms with Gasteiger partial charge in [0.25, 0.3) is 0 Å². The summed E-state index contributed by atoms with van der Waals surface area (Å²) in [6.07, 6.45) is 7.45. The molecule has 29 heavy (non-hydrogen) atoms. The largest absolute Gasteiger partial charge is 0.358 e. The molecule has 1 aliphatic heterocycles. The zero-order chi connectivity index (χ0) is 20.8. The third-order valence-corrected chi connectivity index (χ3v) is 6.18. The predicted octanol–water partition coefficient (Wildman–Crippen LogP) is 2.93. The molecular formula is C21H29ClN4O3. The second kappa shape index (κ2) is 9.96. The molecule has 1 aromatic carbocycles. The molecule has 2 aliphatic rings. The van der Waals surface area contributed by atoms with Gasteiger partial charge in [-0.05, 0) is 43.4 Å². The van der Waals surface area contributed by atoms with Crippen molar-refractivity contribution in [2.75, 3.05) is 25.5 Å². The van der Waals surface area contributed by atoms with Gasteiger partial charge in [-0.3, -0.25) is 9.59 Å². The molecule has 1 saturated carbocycles. The summed E-state index contributed by atoms with van der Waals surface area (Å²) in [6, 6.07) is 5.23. The van der Waals surface area contributed by atoms with E-state index in [1.807, 2.05) is 6.07 Å². The smallest absolute Gasteiger partial charge is 0.319 e. The van der Waals surface area contributed by atoms with Gasteiger partial charge in [0.15, 0.2) is 0 Å². The Balaban J connectivity index is 1.54. The van der Waals surface area contributed by atoms with Crippen molar-refractivity contribution >= 4 is 35.1 Å². The molecule has 3 N–H and O–H groups in total. The number of carbonyl (C=O) groups is 3. The first-order valence-corrected chi connectivity index (χ1v) is 10.7. The summed E-state index contributed by atoms with van der Waals surface area (Å²) in [5.74, 6) is -0.0510. The van der Waals surface area contributed by atoms with Crippen molar-refractivity contribution in [2.24, 2.45) is 5.92 Å². The Morgan fingerprint density at radius 3 is 2.62 bits per heavy atom. The number of likely N-dealkylation sites (N-methyl/N-ethyl adjacent to an activating group) is 1. The van der Waals surface area contributed by atoms with Crippen molar-refractivity contribution in [2.45, 2.75) is 51.0 Å². The van der Waals surface area contributed by atoms with Gasteiger partial charge in [0, 0.05) is 36.3 Å². The maximum Gasteiger partial charge on any atom is 0.319 e. The van der Waals surface area contributed by atoms with Gasteiger partial charge in [-0.25, -0.2) is 4.79 Å². The molecule has 3 rings (SSSR count). The van der Waals surface area contributed by atoms with Gasteiger partial charge in [0.2, 0.25) is 11.8 Å². The van der Waals surface area contributed by atoms with E-state index in [1.54, 1.807) is 12.1 Å². The van der Waals surface area contributed by atoms with Crippen LogP contribution in [0.1, 0.15) is 44.1 Å². The van der Waals surface area contributed by atoms with Gasteiger partial charge in [-0.2, -0.15) is 0 Å². The zero-order valence-electron chi connectivity index (χ0n) is 16.8. The van der Waals surface area contributed by atoms with Gasteiger partial charge >= 0.3 is 6.03 Å². The Hall–Kier alpha value is -2.28. The highest BCUT2D eigenvalue weighted by Gasteiger charge is 2.36. The van der Waals surface area contributed by atoms with E-state index in [0.717, 1.165) is 31.4 Å².